The van der Waals surface area contributed by atoms with Crippen molar-refractivity contribution in [2.24, 2.45) is 5.16 Å². The van der Waals surface area contributed by atoms with Gasteiger partial charge < -0.3 is 15.1 Å². The van der Waals surface area contributed by atoms with Crippen LogP contribution in [0.2, 0.25) is 0 Å². The highest BCUT2D eigenvalue weighted by Gasteiger charge is 2.45. The van der Waals surface area contributed by atoms with Crippen molar-refractivity contribution in [3.05, 3.63) is 0 Å². The first-order valence-corrected chi connectivity index (χ1v) is 6.47. The van der Waals surface area contributed by atoms with Gasteiger partial charge in [0.2, 0.25) is 0 Å². The topological polar surface area (TPSA) is 53.9 Å². The highest BCUT2D eigenvalue weighted by Crippen LogP contribution is 2.31. The van der Waals surface area contributed by atoms with Gasteiger partial charge in [-0.05, 0) is 26.3 Å². The first-order valence-electron chi connectivity index (χ1n) is 6.47. The molecule has 17 heavy (non-hydrogen) atoms. The van der Waals surface area contributed by atoms with Gasteiger partial charge in [-0.15, -0.1) is 0 Å². The average molecular weight is 237 g/mol. The van der Waals surface area contributed by atoms with Gasteiger partial charge in [-0.25, -0.2) is 0 Å². The highest BCUT2D eigenvalue weighted by molar-refractivity contribution is 6.39. The second-order valence-electron chi connectivity index (χ2n) is 5.41. The Labute approximate surface area is 101 Å². The summed E-state index contributed by atoms with van der Waals surface area (Å²) in [5.74, 6) is 0.0822. The normalized spacial score (nSPS) is 36.4. The number of rotatable bonds is 1. The molecule has 2 fully saturated rings. The van der Waals surface area contributed by atoms with E-state index in [1.807, 2.05) is 4.90 Å². The lowest BCUT2D eigenvalue weighted by Crippen LogP contribution is -2.40. The molecule has 3 aliphatic heterocycles. The van der Waals surface area contributed by atoms with Gasteiger partial charge in [0.1, 0.15) is 5.71 Å². The van der Waals surface area contributed by atoms with Gasteiger partial charge in [0.15, 0.2) is 5.60 Å². The van der Waals surface area contributed by atoms with Crippen LogP contribution in [0.3, 0.4) is 0 Å². The van der Waals surface area contributed by atoms with Gasteiger partial charge in [-0.3, -0.25) is 4.79 Å². The molecule has 0 aliphatic carbocycles. The summed E-state index contributed by atoms with van der Waals surface area (Å²) in [5.41, 5.74) is 0.385. The van der Waals surface area contributed by atoms with E-state index < -0.39 is 0 Å². The molecule has 0 aromatic carbocycles. The maximum atomic E-state index is 12.3. The van der Waals surface area contributed by atoms with Gasteiger partial charge in [-0.2, -0.15) is 0 Å². The lowest BCUT2D eigenvalue weighted by Gasteiger charge is -2.22. The van der Waals surface area contributed by atoms with Crippen molar-refractivity contribution in [3.63, 3.8) is 0 Å². The first-order chi connectivity index (χ1) is 8.20. The molecule has 1 N–H and O–H groups in total. The maximum Gasteiger partial charge on any atom is 0.272 e. The number of nitrogens with one attached hydrogen (secondary N) is 1. The van der Waals surface area contributed by atoms with Crippen LogP contribution in [0.4, 0.5) is 0 Å². The fourth-order valence-corrected chi connectivity index (χ4v) is 2.99. The molecule has 3 heterocycles. The quantitative estimate of drug-likeness (QED) is 0.723. The summed E-state index contributed by atoms with van der Waals surface area (Å²) in [4.78, 5) is 19.7. The number of oxime groups is 1. The van der Waals surface area contributed by atoms with E-state index in [4.69, 9.17) is 4.84 Å². The Morgan fingerprint density at radius 2 is 2.53 bits per heavy atom. The number of carbonyl (C=O) groups excluding carboxylic acids is 1. The summed E-state index contributed by atoms with van der Waals surface area (Å²) in [6, 6.07) is 0.350. The number of hydrogen-bond donors (Lipinski definition) is 1. The van der Waals surface area contributed by atoms with Crippen molar-refractivity contribution in [1.29, 1.82) is 0 Å². The molecule has 0 bridgehead atoms. The summed E-state index contributed by atoms with van der Waals surface area (Å²) >= 11 is 0. The summed E-state index contributed by atoms with van der Waals surface area (Å²) in [6.45, 7) is 4.73. The zero-order chi connectivity index (χ0) is 11.9. The number of nitrogens with zero attached hydrogens (tertiary/aromatic N) is 2. The van der Waals surface area contributed by atoms with Crippen LogP contribution in [0.5, 0.6) is 0 Å². The molecule has 1 amide bonds. The number of amides is 1. The molecule has 0 saturated carbocycles. The van der Waals surface area contributed by atoms with E-state index in [2.05, 4.69) is 17.4 Å². The van der Waals surface area contributed by atoms with Crippen LogP contribution in [0.25, 0.3) is 0 Å². The van der Waals surface area contributed by atoms with E-state index in [0.29, 0.717) is 18.2 Å². The largest absolute Gasteiger partial charge is 0.387 e. The Hall–Kier alpha value is -1.10. The smallest absolute Gasteiger partial charge is 0.272 e. The molecule has 0 aromatic heterocycles. The van der Waals surface area contributed by atoms with Crippen molar-refractivity contribution >= 4 is 11.6 Å². The van der Waals surface area contributed by atoms with Gasteiger partial charge in [0, 0.05) is 32.0 Å². The van der Waals surface area contributed by atoms with Crippen LogP contribution >= 0.6 is 0 Å². The molecule has 3 aliphatic rings. The number of likely N-dealkylation sites (tertiary alicyclic amines) is 1. The Morgan fingerprint density at radius 3 is 3.18 bits per heavy atom. The third-order valence-electron chi connectivity index (χ3n) is 4.10. The first kappa shape index (κ1) is 11.0. The standard InChI is InChI=1S/C12H19N3O2/c1-9-3-2-6-15(9)11(16)10-7-12(17-14-10)4-5-13-8-12/h9,13H,2-8H2,1H3/t9-,12+/m1/s1. The number of carbonyl (C=O) groups is 1. The zero-order valence-electron chi connectivity index (χ0n) is 10.2. The lowest BCUT2D eigenvalue weighted by atomic mass is 9.96. The van der Waals surface area contributed by atoms with E-state index in [9.17, 15) is 4.79 Å². The van der Waals surface area contributed by atoms with E-state index in [1.165, 1.54) is 0 Å². The molecule has 1 spiro atoms. The van der Waals surface area contributed by atoms with E-state index in [-0.39, 0.29) is 11.5 Å². The van der Waals surface area contributed by atoms with Crippen molar-refractivity contribution in [2.45, 2.75) is 44.2 Å². The molecule has 2 saturated heterocycles. The minimum atomic E-state index is -0.228. The van der Waals surface area contributed by atoms with Crippen LogP contribution in [0.15, 0.2) is 5.16 Å². The van der Waals surface area contributed by atoms with Crippen molar-refractivity contribution < 1.29 is 9.63 Å². The minimum Gasteiger partial charge on any atom is -0.387 e. The summed E-state index contributed by atoms with van der Waals surface area (Å²) < 4.78 is 0. The third kappa shape index (κ3) is 1.82. The SMILES string of the molecule is C[C@@H]1CCCN1C(=O)C1=NO[C@@]2(CCNC2)C1. The van der Waals surface area contributed by atoms with Crippen LogP contribution in [-0.2, 0) is 9.63 Å². The maximum absolute atomic E-state index is 12.3. The van der Waals surface area contributed by atoms with E-state index >= 15 is 0 Å². The molecular weight excluding hydrogens is 218 g/mol. The number of hydrogen-bond acceptors (Lipinski definition) is 4. The molecule has 5 heteroatoms. The van der Waals surface area contributed by atoms with Crippen molar-refractivity contribution in [3.8, 4) is 0 Å². The summed E-state index contributed by atoms with van der Waals surface area (Å²) in [7, 11) is 0. The Bertz CT molecular complexity index is 361. The summed E-state index contributed by atoms with van der Waals surface area (Å²) in [6.07, 6.45) is 3.82. The fourth-order valence-electron chi connectivity index (χ4n) is 2.99. The van der Waals surface area contributed by atoms with Crippen LogP contribution < -0.4 is 5.32 Å². The van der Waals surface area contributed by atoms with Crippen molar-refractivity contribution in [1.82, 2.24) is 10.2 Å². The predicted octanol–water partition coefficient (Wildman–Crippen LogP) is 0.506. The molecule has 94 valence electrons. The Kier molecular flexibility index (Phi) is 2.58. The highest BCUT2D eigenvalue weighted by atomic mass is 16.7. The molecule has 0 radical (unpaired) electrons. The van der Waals surface area contributed by atoms with Crippen LogP contribution in [0, 0.1) is 0 Å². The lowest BCUT2D eigenvalue weighted by molar-refractivity contribution is -0.124. The molecule has 0 unspecified atom stereocenters. The van der Waals surface area contributed by atoms with E-state index in [0.717, 1.165) is 38.9 Å². The van der Waals surface area contributed by atoms with Gasteiger partial charge in [-0.1, -0.05) is 5.16 Å². The Morgan fingerprint density at radius 1 is 1.65 bits per heavy atom. The Balaban J connectivity index is 1.67. The van der Waals surface area contributed by atoms with Crippen LogP contribution in [0.1, 0.15) is 32.6 Å². The molecular formula is C12H19N3O2. The molecule has 0 aromatic rings. The van der Waals surface area contributed by atoms with E-state index in [1.54, 1.807) is 0 Å². The molecule has 3 rings (SSSR count). The second kappa shape index (κ2) is 3.98. The van der Waals surface area contributed by atoms with Crippen LogP contribution in [-0.4, -0.2) is 47.8 Å². The average Bonchev–Trinajstić information content (AvgIpc) is 3.02. The second-order valence-corrected chi connectivity index (χ2v) is 5.41. The fraction of sp³-hybridized carbons (Fsp3) is 0.833. The van der Waals surface area contributed by atoms with Gasteiger partial charge in [0.25, 0.3) is 5.91 Å². The predicted molar refractivity (Wildman–Crippen MR) is 63.8 cm³/mol. The summed E-state index contributed by atoms with van der Waals surface area (Å²) in [5, 5.41) is 7.30. The minimum absolute atomic E-state index is 0.0822. The monoisotopic (exact) mass is 237 g/mol. The van der Waals surface area contributed by atoms with Gasteiger partial charge in [0.05, 0.1) is 0 Å². The molecule has 5 nitrogen and oxygen atoms in total. The van der Waals surface area contributed by atoms with Gasteiger partial charge >= 0.3 is 0 Å². The molecule has 2 atom stereocenters. The zero-order valence-corrected chi connectivity index (χ0v) is 10.2. The third-order valence-corrected chi connectivity index (χ3v) is 4.10. The van der Waals surface area contributed by atoms with Crippen molar-refractivity contribution in [2.75, 3.05) is 19.6 Å².